The fourth-order valence-corrected chi connectivity index (χ4v) is 4.32. The fourth-order valence-electron chi connectivity index (χ4n) is 4.32. The standard InChI is InChI=1S/C25H19F4N7O3/c1-24(2)23(39)34(21(37)17-7-8-30-13-31-17)9-10-35(24)22(38)19-12-36-20(32-19)16(25(27,28)29)11-18(33-36)14-3-5-15(26)6-4-14/h3-8,11-13H,9-10H2,1-2H3. The van der Waals surface area contributed by atoms with Gasteiger partial charge < -0.3 is 4.90 Å². The molecule has 4 aromatic rings. The maximum atomic E-state index is 13.9. The number of imidazole rings is 1. The van der Waals surface area contributed by atoms with Crippen LogP contribution in [-0.2, 0) is 11.0 Å². The van der Waals surface area contributed by atoms with E-state index in [4.69, 9.17) is 0 Å². The third-order valence-corrected chi connectivity index (χ3v) is 6.37. The van der Waals surface area contributed by atoms with Gasteiger partial charge in [0.2, 0.25) is 0 Å². The molecule has 1 aliphatic heterocycles. The summed E-state index contributed by atoms with van der Waals surface area (Å²) in [5.41, 5.74) is -3.56. The van der Waals surface area contributed by atoms with Gasteiger partial charge in [-0.05, 0) is 50.2 Å². The van der Waals surface area contributed by atoms with Crippen LogP contribution < -0.4 is 0 Å². The summed E-state index contributed by atoms with van der Waals surface area (Å²) in [6.07, 6.45) is -1.29. The first kappa shape index (κ1) is 25.9. The lowest BCUT2D eigenvalue weighted by molar-refractivity contribution is -0.143. The van der Waals surface area contributed by atoms with Crippen molar-refractivity contribution in [3.63, 3.8) is 0 Å². The normalized spacial score (nSPS) is 15.6. The summed E-state index contributed by atoms with van der Waals surface area (Å²) in [6, 6.07) is 6.86. The van der Waals surface area contributed by atoms with Gasteiger partial charge >= 0.3 is 6.18 Å². The van der Waals surface area contributed by atoms with Crippen LogP contribution in [0.25, 0.3) is 16.9 Å². The average Bonchev–Trinajstić information content (AvgIpc) is 3.33. The van der Waals surface area contributed by atoms with E-state index >= 15 is 0 Å². The van der Waals surface area contributed by atoms with Crippen molar-refractivity contribution >= 4 is 23.4 Å². The van der Waals surface area contributed by atoms with Crippen molar-refractivity contribution < 1.29 is 31.9 Å². The number of piperazine rings is 1. The van der Waals surface area contributed by atoms with E-state index < -0.39 is 46.5 Å². The Kier molecular flexibility index (Phi) is 6.12. The number of carbonyl (C=O) groups excluding carboxylic acids is 3. The second-order valence-corrected chi connectivity index (χ2v) is 9.21. The summed E-state index contributed by atoms with van der Waals surface area (Å²) in [5, 5.41) is 4.15. The lowest BCUT2D eigenvalue weighted by Gasteiger charge is -2.44. The molecule has 0 saturated carbocycles. The maximum absolute atomic E-state index is 13.9. The van der Waals surface area contributed by atoms with Crippen LogP contribution >= 0.6 is 0 Å². The first-order chi connectivity index (χ1) is 18.4. The summed E-state index contributed by atoms with van der Waals surface area (Å²) < 4.78 is 56.0. The van der Waals surface area contributed by atoms with E-state index in [1.807, 2.05) is 0 Å². The average molecular weight is 541 g/mol. The molecule has 4 heterocycles. The Bertz CT molecular complexity index is 1600. The summed E-state index contributed by atoms with van der Waals surface area (Å²) in [6.45, 7) is 2.59. The number of nitrogens with zero attached hydrogens (tertiary/aromatic N) is 7. The Labute approximate surface area is 217 Å². The number of carbonyl (C=O) groups is 3. The molecule has 200 valence electrons. The number of hydrogen-bond acceptors (Lipinski definition) is 7. The zero-order valence-corrected chi connectivity index (χ0v) is 20.5. The minimum absolute atomic E-state index is 0.00279. The number of amides is 3. The van der Waals surface area contributed by atoms with Crippen LogP contribution in [-0.4, -0.2) is 70.7 Å². The third kappa shape index (κ3) is 4.57. The summed E-state index contributed by atoms with van der Waals surface area (Å²) in [5.74, 6) is -2.74. The van der Waals surface area contributed by atoms with Gasteiger partial charge in [-0.2, -0.15) is 18.3 Å². The Morgan fingerprint density at radius 1 is 1.00 bits per heavy atom. The Morgan fingerprint density at radius 2 is 1.72 bits per heavy atom. The number of rotatable bonds is 3. The van der Waals surface area contributed by atoms with Crippen molar-refractivity contribution in [3.8, 4) is 11.3 Å². The zero-order valence-electron chi connectivity index (χ0n) is 20.5. The molecule has 1 aliphatic rings. The van der Waals surface area contributed by atoms with E-state index in [1.54, 1.807) is 0 Å². The van der Waals surface area contributed by atoms with Crippen LogP contribution in [0.3, 0.4) is 0 Å². The van der Waals surface area contributed by atoms with Gasteiger partial charge in [0.25, 0.3) is 17.7 Å². The largest absolute Gasteiger partial charge is 0.420 e. The van der Waals surface area contributed by atoms with Crippen LogP contribution in [0.15, 0.2) is 55.1 Å². The Morgan fingerprint density at radius 3 is 2.36 bits per heavy atom. The molecule has 3 aromatic heterocycles. The Balaban J connectivity index is 1.49. The van der Waals surface area contributed by atoms with Gasteiger partial charge in [0.15, 0.2) is 5.65 Å². The van der Waals surface area contributed by atoms with Crippen LogP contribution in [0.1, 0.15) is 40.4 Å². The number of fused-ring (bicyclic) bond motifs is 1. The topological polar surface area (TPSA) is 114 Å². The van der Waals surface area contributed by atoms with Gasteiger partial charge in [-0.15, -0.1) is 0 Å². The van der Waals surface area contributed by atoms with Crippen molar-refractivity contribution in [1.29, 1.82) is 0 Å². The number of halogens is 4. The molecule has 39 heavy (non-hydrogen) atoms. The van der Waals surface area contributed by atoms with E-state index in [1.165, 1.54) is 38.2 Å². The van der Waals surface area contributed by atoms with Gasteiger partial charge in [-0.3, -0.25) is 19.3 Å². The summed E-state index contributed by atoms with van der Waals surface area (Å²) >= 11 is 0. The van der Waals surface area contributed by atoms with E-state index in [2.05, 4.69) is 20.1 Å². The maximum Gasteiger partial charge on any atom is 0.420 e. The smallest absolute Gasteiger partial charge is 0.321 e. The number of hydrogen-bond donors (Lipinski definition) is 0. The molecule has 5 rings (SSSR count). The first-order valence-electron chi connectivity index (χ1n) is 11.6. The fraction of sp³-hybridized carbons (Fsp3) is 0.240. The molecular formula is C25H19F4N7O3. The van der Waals surface area contributed by atoms with Crippen molar-refractivity contribution in [2.45, 2.75) is 25.6 Å². The van der Waals surface area contributed by atoms with Crippen LogP contribution in [0, 0.1) is 5.82 Å². The van der Waals surface area contributed by atoms with Gasteiger partial charge in [0.1, 0.15) is 34.6 Å². The molecule has 14 heteroatoms. The molecule has 1 saturated heterocycles. The highest BCUT2D eigenvalue weighted by atomic mass is 19.4. The highest BCUT2D eigenvalue weighted by Gasteiger charge is 2.47. The number of imide groups is 1. The monoisotopic (exact) mass is 541 g/mol. The highest BCUT2D eigenvalue weighted by Crippen LogP contribution is 2.35. The van der Waals surface area contributed by atoms with Gasteiger partial charge in [-0.1, -0.05) is 0 Å². The van der Waals surface area contributed by atoms with E-state index in [9.17, 15) is 31.9 Å². The van der Waals surface area contributed by atoms with E-state index in [0.717, 1.165) is 45.0 Å². The molecule has 0 unspecified atom stereocenters. The Hall–Kier alpha value is -4.75. The quantitative estimate of drug-likeness (QED) is 0.289. The number of aromatic nitrogens is 5. The molecular weight excluding hydrogens is 522 g/mol. The highest BCUT2D eigenvalue weighted by molar-refractivity contribution is 6.08. The first-order valence-corrected chi connectivity index (χ1v) is 11.6. The SMILES string of the molecule is CC1(C)C(=O)N(C(=O)c2ccncn2)CCN1C(=O)c1cn2nc(-c3ccc(F)cc3)cc(C(F)(F)F)c2n1. The van der Waals surface area contributed by atoms with Crippen LogP contribution in [0.2, 0.25) is 0 Å². The minimum Gasteiger partial charge on any atom is -0.321 e. The molecule has 0 bridgehead atoms. The lowest BCUT2D eigenvalue weighted by Crippen LogP contribution is -2.65. The van der Waals surface area contributed by atoms with Crippen LogP contribution in [0.5, 0.6) is 0 Å². The van der Waals surface area contributed by atoms with Crippen molar-refractivity contribution in [3.05, 3.63) is 77.9 Å². The molecule has 1 aromatic carbocycles. The number of benzene rings is 1. The molecule has 0 radical (unpaired) electrons. The zero-order chi connectivity index (χ0) is 28.1. The van der Waals surface area contributed by atoms with Crippen molar-refractivity contribution in [2.24, 2.45) is 0 Å². The predicted molar refractivity (Wildman–Crippen MR) is 127 cm³/mol. The van der Waals surface area contributed by atoms with Crippen molar-refractivity contribution in [2.75, 3.05) is 13.1 Å². The second kappa shape index (κ2) is 9.22. The molecule has 3 amide bonds. The summed E-state index contributed by atoms with van der Waals surface area (Å²) in [7, 11) is 0. The van der Waals surface area contributed by atoms with Gasteiger partial charge in [-0.25, -0.2) is 23.9 Å². The molecule has 0 spiro atoms. The van der Waals surface area contributed by atoms with Crippen LogP contribution in [0.4, 0.5) is 17.6 Å². The lowest BCUT2D eigenvalue weighted by atomic mass is 9.96. The second-order valence-electron chi connectivity index (χ2n) is 9.21. The minimum atomic E-state index is -4.84. The molecule has 10 nitrogen and oxygen atoms in total. The van der Waals surface area contributed by atoms with E-state index in [-0.39, 0.29) is 35.7 Å². The van der Waals surface area contributed by atoms with Crippen molar-refractivity contribution in [1.82, 2.24) is 34.4 Å². The molecule has 1 fully saturated rings. The van der Waals surface area contributed by atoms with Gasteiger partial charge in [0, 0.05) is 24.8 Å². The predicted octanol–water partition coefficient (Wildman–Crippen LogP) is 3.25. The molecule has 0 atom stereocenters. The molecule has 0 aliphatic carbocycles. The number of alkyl halides is 3. The molecule has 0 N–H and O–H groups in total. The third-order valence-electron chi connectivity index (χ3n) is 6.37. The van der Waals surface area contributed by atoms with E-state index in [0.29, 0.717) is 0 Å². The van der Waals surface area contributed by atoms with Gasteiger partial charge in [0.05, 0.1) is 11.9 Å². The summed E-state index contributed by atoms with van der Waals surface area (Å²) in [4.78, 5) is 53.1.